The van der Waals surface area contributed by atoms with Gasteiger partial charge < -0.3 is 24.6 Å². The molecule has 2 aromatic rings. The number of methoxy groups -OCH3 is 1. The van der Waals surface area contributed by atoms with Crippen LogP contribution in [0.25, 0.3) is 0 Å². The summed E-state index contributed by atoms with van der Waals surface area (Å²) in [5.74, 6) is -0.454. The van der Waals surface area contributed by atoms with Crippen molar-refractivity contribution in [2.24, 2.45) is 0 Å². The highest BCUT2D eigenvalue weighted by Crippen LogP contribution is 2.37. The van der Waals surface area contributed by atoms with Crippen molar-refractivity contribution >= 4 is 34.7 Å². The van der Waals surface area contributed by atoms with Crippen molar-refractivity contribution in [2.75, 3.05) is 56.7 Å². The first-order chi connectivity index (χ1) is 17.3. The Morgan fingerprint density at radius 3 is 2.53 bits per heavy atom. The minimum Gasteiger partial charge on any atom is -0.447 e. The quantitative estimate of drug-likeness (QED) is 0.513. The molecular formula is C24H29F3N4O4S. The molecule has 0 aliphatic carbocycles. The zero-order valence-corrected chi connectivity index (χ0v) is 20.8. The number of amides is 2. The fourth-order valence-electron chi connectivity index (χ4n) is 4.42. The number of thiazole rings is 1. The van der Waals surface area contributed by atoms with Crippen LogP contribution in [0.2, 0.25) is 0 Å². The van der Waals surface area contributed by atoms with Crippen LogP contribution < -0.4 is 10.2 Å². The lowest BCUT2D eigenvalue weighted by Crippen LogP contribution is -2.38. The Morgan fingerprint density at radius 1 is 1.14 bits per heavy atom. The summed E-state index contributed by atoms with van der Waals surface area (Å²) in [7, 11) is 1.54. The van der Waals surface area contributed by atoms with E-state index in [1.807, 2.05) is 4.90 Å². The van der Waals surface area contributed by atoms with Gasteiger partial charge in [0.25, 0.3) is 5.91 Å². The van der Waals surface area contributed by atoms with E-state index in [9.17, 15) is 22.8 Å². The van der Waals surface area contributed by atoms with Gasteiger partial charge in [-0.15, -0.1) is 11.3 Å². The van der Waals surface area contributed by atoms with E-state index in [0.717, 1.165) is 43.1 Å². The molecule has 2 aliphatic rings. The molecule has 4 rings (SSSR count). The predicted octanol–water partition coefficient (Wildman–Crippen LogP) is 4.98. The molecule has 2 aliphatic heterocycles. The van der Waals surface area contributed by atoms with E-state index < -0.39 is 17.6 Å². The molecule has 0 spiro atoms. The zero-order chi connectivity index (χ0) is 25.7. The third-order valence-corrected chi connectivity index (χ3v) is 7.40. The number of hydrogen-bond acceptors (Lipinski definition) is 7. The fourth-order valence-corrected chi connectivity index (χ4v) is 5.40. The summed E-state index contributed by atoms with van der Waals surface area (Å²) in [5, 5.41) is 5.06. The van der Waals surface area contributed by atoms with Gasteiger partial charge in [-0.1, -0.05) is 0 Å². The third kappa shape index (κ3) is 6.28. The summed E-state index contributed by atoms with van der Waals surface area (Å²) in [6.07, 6.45) is -1.62. The molecule has 0 unspecified atom stereocenters. The molecule has 12 heteroatoms. The molecule has 196 valence electrons. The van der Waals surface area contributed by atoms with Crippen molar-refractivity contribution in [3.8, 4) is 0 Å². The summed E-state index contributed by atoms with van der Waals surface area (Å²) in [4.78, 5) is 33.2. The van der Waals surface area contributed by atoms with Gasteiger partial charge in [0.2, 0.25) is 0 Å². The molecule has 1 aromatic carbocycles. The van der Waals surface area contributed by atoms with Gasteiger partial charge in [-0.3, -0.25) is 4.79 Å². The number of benzene rings is 1. The maximum absolute atomic E-state index is 13.3. The van der Waals surface area contributed by atoms with E-state index >= 15 is 0 Å². The second-order valence-corrected chi connectivity index (χ2v) is 9.71. The van der Waals surface area contributed by atoms with Crippen LogP contribution in [0.15, 0.2) is 23.6 Å². The van der Waals surface area contributed by atoms with Crippen molar-refractivity contribution < 1.29 is 32.2 Å². The highest BCUT2D eigenvalue weighted by Gasteiger charge is 2.32. The molecule has 0 saturated carbocycles. The smallest absolute Gasteiger partial charge is 0.416 e. The molecule has 2 amide bonds. The number of likely N-dealkylation sites (tertiary alicyclic amines) is 1. The molecule has 1 aromatic heterocycles. The maximum atomic E-state index is 13.3. The molecule has 2 saturated heterocycles. The van der Waals surface area contributed by atoms with Crippen LogP contribution in [0.4, 0.5) is 29.3 Å². The first-order valence-electron chi connectivity index (χ1n) is 11.9. The number of rotatable bonds is 7. The minimum absolute atomic E-state index is 0.0910. The average molecular weight is 527 g/mol. The number of carbonyl (C=O) groups is 2. The normalized spacial score (nSPS) is 16.9. The maximum Gasteiger partial charge on any atom is 0.416 e. The van der Waals surface area contributed by atoms with Gasteiger partial charge in [-0.2, -0.15) is 13.2 Å². The summed E-state index contributed by atoms with van der Waals surface area (Å²) >= 11 is 1.34. The molecule has 8 nitrogen and oxygen atoms in total. The Hall–Kier alpha value is -2.86. The van der Waals surface area contributed by atoms with E-state index in [0.29, 0.717) is 38.2 Å². The van der Waals surface area contributed by atoms with Gasteiger partial charge in [0.15, 0.2) is 0 Å². The summed E-state index contributed by atoms with van der Waals surface area (Å²) in [6.45, 7) is 3.03. The molecule has 2 fully saturated rings. The van der Waals surface area contributed by atoms with Crippen LogP contribution in [-0.2, 0) is 15.7 Å². The van der Waals surface area contributed by atoms with Crippen molar-refractivity contribution in [1.29, 1.82) is 0 Å². The number of hydrogen-bond donors (Lipinski definition) is 1. The number of anilines is 2. The zero-order valence-electron chi connectivity index (χ0n) is 20.0. The summed E-state index contributed by atoms with van der Waals surface area (Å²) in [5.41, 5.74) is 0.0639. The Labute approximate surface area is 211 Å². The summed E-state index contributed by atoms with van der Waals surface area (Å²) in [6, 6.07) is 3.45. The number of ether oxygens (including phenoxy) is 2. The van der Waals surface area contributed by atoms with Crippen LogP contribution in [0, 0.1) is 0 Å². The minimum atomic E-state index is -4.51. The monoisotopic (exact) mass is 526 g/mol. The second-order valence-electron chi connectivity index (χ2n) is 8.82. The topological polar surface area (TPSA) is 84.0 Å². The standard InChI is InChI=1S/C24H29F3N4O4S/c1-34-12-13-35-23(33)31-10-6-16(7-11-31)22-29-19(15-36-22)21(32)28-18-14-17(24(25,26)27)4-5-20(18)30-8-2-3-9-30/h4-5,14-16H,2-3,6-13H2,1H3,(H,28,32). The number of piperidine rings is 1. The number of halogens is 3. The molecule has 0 radical (unpaired) electrons. The second kappa shape index (κ2) is 11.5. The average Bonchev–Trinajstić information content (AvgIpc) is 3.56. The van der Waals surface area contributed by atoms with Crippen LogP contribution in [0.5, 0.6) is 0 Å². The Kier molecular flexibility index (Phi) is 8.35. The largest absolute Gasteiger partial charge is 0.447 e. The van der Waals surface area contributed by atoms with Crippen LogP contribution >= 0.6 is 11.3 Å². The van der Waals surface area contributed by atoms with Gasteiger partial charge in [0.1, 0.15) is 12.3 Å². The van der Waals surface area contributed by atoms with E-state index in [4.69, 9.17) is 9.47 Å². The SMILES string of the molecule is COCCOC(=O)N1CCC(c2nc(C(=O)Nc3cc(C(F)(F)F)ccc3N3CCCC3)cs2)CC1. The van der Waals surface area contributed by atoms with Crippen molar-refractivity contribution in [3.63, 3.8) is 0 Å². The molecule has 3 heterocycles. The highest BCUT2D eigenvalue weighted by molar-refractivity contribution is 7.10. The van der Waals surface area contributed by atoms with Crippen LogP contribution in [-0.4, -0.2) is 68.4 Å². The Balaban J connectivity index is 1.41. The van der Waals surface area contributed by atoms with E-state index in [2.05, 4.69) is 10.3 Å². The van der Waals surface area contributed by atoms with Crippen molar-refractivity contribution in [3.05, 3.63) is 39.8 Å². The fraction of sp³-hybridized carbons (Fsp3) is 0.542. The number of nitrogens with one attached hydrogen (secondary N) is 1. The van der Waals surface area contributed by atoms with E-state index in [1.54, 1.807) is 10.3 Å². The van der Waals surface area contributed by atoms with Gasteiger partial charge in [0.05, 0.1) is 28.6 Å². The van der Waals surface area contributed by atoms with E-state index in [-0.39, 0.29) is 30.0 Å². The highest BCUT2D eigenvalue weighted by atomic mass is 32.1. The lowest BCUT2D eigenvalue weighted by molar-refractivity contribution is -0.137. The van der Waals surface area contributed by atoms with Gasteiger partial charge in [0, 0.05) is 44.6 Å². The van der Waals surface area contributed by atoms with Gasteiger partial charge >= 0.3 is 12.3 Å². The number of carbonyl (C=O) groups excluding carboxylic acids is 2. The predicted molar refractivity (Wildman–Crippen MR) is 130 cm³/mol. The molecule has 1 N–H and O–H groups in total. The van der Waals surface area contributed by atoms with Crippen LogP contribution in [0.3, 0.4) is 0 Å². The van der Waals surface area contributed by atoms with Crippen molar-refractivity contribution in [1.82, 2.24) is 9.88 Å². The lowest BCUT2D eigenvalue weighted by Gasteiger charge is -2.30. The first kappa shape index (κ1) is 26.2. The Bertz CT molecular complexity index is 1060. The van der Waals surface area contributed by atoms with Crippen molar-refractivity contribution in [2.45, 2.75) is 37.8 Å². The molecule has 0 atom stereocenters. The number of alkyl halides is 3. The van der Waals surface area contributed by atoms with Gasteiger partial charge in [-0.25, -0.2) is 9.78 Å². The molecule has 0 bridgehead atoms. The first-order valence-corrected chi connectivity index (χ1v) is 12.8. The molecular weight excluding hydrogens is 497 g/mol. The summed E-state index contributed by atoms with van der Waals surface area (Å²) < 4.78 is 50.0. The van der Waals surface area contributed by atoms with E-state index in [1.165, 1.54) is 24.5 Å². The lowest BCUT2D eigenvalue weighted by atomic mass is 9.98. The number of nitrogens with zero attached hydrogens (tertiary/aromatic N) is 3. The number of aromatic nitrogens is 1. The Morgan fingerprint density at radius 2 is 1.86 bits per heavy atom. The van der Waals surface area contributed by atoms with Gasteiger partial charge in [-0.05, 0) is 43.9 Å². The van der Waals surface area contributed by atoms with Crippen LogP contribution in [0.1, 0.15) is 52.7 Å². The molecule has 36 heavy (non-hydrogen) atoms. The third-order valence-electron chi connectivity index (χ3n) is 6.39.